The lowest BCUT2D eigenvalue weighted by Gasteiger charge is -2.25. The molecule has 1 aromatic rings. The highest BCUT2D eigenvalue weighted by molar-refractivity contribution is 8.01. The first-order valence-corrected chi connectivity index (χ1v) is 9.26. The Hall–Kier alpha value is -0.570. The number of carbonyl (C=O) groups is 1. The summed E-state index contributed by atoms with van der Waals surface area (Å²) in [6.45, 7) is 1.96. The maximum absolute atomic E-state index is 12.6. The molecule has 0 spiro atoms. The molecule has 0 aromatic carbocycles. The summed E-state index contributed by atoms with van der Waals surface area (Å²) in [6.07, 6.45) is 1.49. The van der Waals surface area contributed by atoms with Crippen molar-refractivity contribution in [3.8, 4) is 0 Å². The lowest BCUT2D eigenvalue weighted by atomic mass is 10.3. The molecular weight excluding hydrogens is 306 g/mol. The average molecular weight is 321 g/mol. The third-order valence-electron chi connectivity index (χ3n) is 2.89. The number of aliphatic carboxylic acids is 1. The second kappa shape index (κ2) is 5.82. The summed E-state index contributed by atoms with van der Waals surface area (Å²) in [5.74, 6) is -0.767. The molecule has 1 aliphatic rings. The summed E-state index contributed by atoms with van der Waals surface area (Å²) < 4.78 is 26.5. The lowest BCUT2D eigenvalue weighted by molar-refractivity contribution is -0.140. The summed E-state index contributed by atoms with van der Waals surface area (Å²) in [5, 5.41) is 10.6. The van der Waals surface area contributed by atoms with Gasteiger partial charge in [-0.05, 0) is 17.9 Å². The molecule has 106 valence electrons. The maximum Gasteiger partial charge on any atom is 0.322 e. The van der Waals surface area contributed by atoms with Gasteiger partial charge >= 0.3 is 5.97 Å². The largest absolute Gasteiger partial charge is 0.480 e. The summed E-state index contributed by atoms with van der Waals surface area (Å²) in [4.78, 5) is 11.3. The van der Waals surface area contributed by atoms with E-state index in [1.165, 1.54) is 22.1 Å². The van der Waals surface area contributed by atoms with Crippen LogP contribution in [-0.2, 0) is 14.8 Å². The molecule has 1 fully saturated rings. The number of thioether (sulfide) groups is 1. The van der Waals surface area contributed by atoms with Gasteiger partial charge in [0.25, 0.3) is 10.0 Å². The smallest absolute Gasteiger partial charge is 0.322 e. The van der Waals surface area contributed by atoms with Crippen molar-refractivity contribution in [3.63, 3.8) is 0 Å². The fourth-order valence-corrected chi connectivity index (χ4v) is 6.78. The molecule has 0 amide bonds. The molecule has 8 heteroatoms. The minimum Gasteiger partial charge on any atom is -0.480 e. The topological polar surface area (TPSA) is 74.7 Å². The predicted molar refractivity (Wildman–Crippen MR) is 75.9 cm³/mol. The van der Waals surface area contributed by atoms with E-state index in [-0.39, 0.29) is 9.58 Å². The lowest BCUT2D eigenvalue weighted by Crippen LogP contribution is -2.45. The van der Waals surface area contributed by atoms with Crippen LogP contribution >= 0.6 is 23.1 Å². The van der Waals surface area contributed by atoms with E-state index in [1.54, 1.807) is 11.4 Å². The van der Waals surface area contributed by atoms with Gasteiger partial charge in [0.1, 0.15) is 10.3 Å². The van der Waals surface area contributed by atoms with Crippen molar-refractivity contribution < 1.29 is 18.3 Å². The molecule has 0 aliphatic carbocycles. The van der Waals surface area contributed by atoms with Gasteiger partial charge in [-0.25, -0.2) is 8.42 Å². The number of nitrogens with zero attached hydrogens (tertiary/aromatic N) is 1. The Labute approximate surface area is 120 Å². The summed E-state index contributed by atoms with van der Waals surface area (Å²) in [7, 11) is -3.71. The van der Waals surface area contributed by atoms with E-state index in [9.17, 15) is 18.3 Å². The summed E-state index contributed by atoms with van der Waals surface area (Å²) >= 11 is 2.52. The average Bonchev–Trinajstić information content (AvgIpc) is 2.98. The highest BCUT2D eigenvalue weighted by atomic mass is 32.2. The Kier molecular flexibility index (Phi) is 4.54. The zero-order valence-electron chi connectivity index (χ0n) is 10.4. The van der Waals surface area contributed by atoms with Gasteiger partial charge in [-0.2, -0.15) is 4.31 Å². The minimum absolute atomic E-state index is 0.211. The quantitative estimate of drug-likeness (QED) is 0.898. The van der Waals surface area contributed by atoms with Crippen molar-refractivity contribution in [2.75, 3.05) is 5.75 Å². The molecule has 1 aromatic heterocycles. The van der Waals surface area contributed by atoms with Gasteiger partial charge in [-0.1, -0.05) is 19.4 Å². The number of hydrogen-bond donors (Lipinski definition) is 1. The van der Waals surface area contributed by atoms with Crippen LogP contribution in [0.5, 0.6) is 0 Å². The van der Waals surface area contributed by atoms with E-state index in [4.69, 9.17) is 0 Å². The van der Waals surface area contributed by atoms with Gasteiger partial charge in [0.05, 0.1) is 5.37 Å². The fraction of sp³-hybridized carbons (Fsp3) is 0.545. The Morgan fingerprint density at radius 1 is 1.58 bits per heavy atom. The number of sulfonamides is 1. The van der Waals surface area contributed by atoms with E-state index < -0.39 is 22.0 Å². The Morgan fingerprint density at radius 2 is 2.32 bits per heavy atom. The molecule has 0 bridgehead atoms. The summed E-state index contributed by atoms with van der Waals surface area (Å²) in [6, 6.07) is 2.21. The second-order valence-electron chi connectivity index (χ2n) is 4.20. The van der Waals surface area contributed by atoms with E-state index in [1.807, 2.05) is 6.92 Å². The minimum atomic E-state index is -3.71. The molecule has 1 N–H and O–H groups in total. The molecule has 2 atom stereocenters. The van der Waals surface area contributed by atoms with Gasteiger partial charge in [0.2, 0.25) is 0 Å². The van der Waals surface area contributed by atoms with Crippen LogP contribution in [0.4, 0.5) is 0 Å². The zero-order valence-corrected chi connectivity index (χ0v) is 12.8. The first kappa shape index (κ1) is 14.8. The molecule has 2 rings (SSSR count). The molecule has 5 nitrogen and oxygen atoms in total. The van der Waals surface area contributed by atoms with Crippen LogP contribution in [0.2, 0.25) is 0 Å². The molecule has 2 unspecified atom stereocenters. The van der Waals surface area contributed by atoms with Crippen LogP contribution in [0.1, 0.15) is 19.8 Å². The Morgan fingerprint density at radius 3 is 2.84 bits per heavy atom. The van der Waals surface area contributed by atoms with Crippen LogP contribution in [0.15, 0.2) is 21.7 Å². The molecule has 0 saturated carbocycles. The van der Waals surface area contributed by atoms with Crippen LogP contribution in [0.3, 0.4) is 0 Å². The number of rotatable bonds is 5. The van der Waals surface area contributed by atoms with Crippen molar-refractivity contribution in [3.05, 3.63) is 17.5 Å². The van der Waals surface area contributed by atoms with Crippen LogP contribution in [0.25, 0.3) is 0 Å². The number of carboxylic acids is 1. The van der Waals surface area contributed by atoms with Crippen LogP contribution in [0, 0.1) is 0 Å². The SMILES string of the molecule is CCCC1SCC(C(=O)O)N1S(=O)(=O)c1cccs1. The van der Waals surface area contributed by atoms with E-state index in [2.05, 4.69) is 0 Å². The van der Waals surface area contributed by atoms with Gasteiger partial charge in [-0.15, -0.1) is 23.1 Å². The molecular formula is C11H15NO4S3. The normalized spacial score (nSPS) is 24.7. The van der Waals surface area contributed by atoms with Gasteiger partial charge in [0.15, 0.2) is 0 Å². The maximum atomic E-state index is 12.6. The number of thiophene rings is 1. The Bertz CT molecular complexity index is 540. The molecule has 1 aliphatic heterocycles. The van der Waals surface area contributed by atoms with E-state index >= 15 is 0 Å². The Balaban J connectivity index is 2.39. The van der Waals surface area contributed by atoms with E-state index in [0.717, 1.165) is 17.8 Å². The number of hydrogen-bond acceptors (Lipinski definition) is 5. The molecule has 1 saturated heterocycles. The first-order chi connectivity index (χ1) is 8.98. The highest BCUT2D eigenvalue weighted by Gasteiger charge is 2.46. The standard InChI is InChI=1S/C11H15NO4S3/c1-2-4-9-12(8(7-18-9)11(13)14)19(15,16)10-5-3-6-17-10/h3,5-6,8-9H,2,4,7H2,1H3,(H,13,14). The molecule has 19 heavy (non-hydrogen) atoms. The summed E-state index contributed by atoms with van der Waals surface area (Å²) in [5.41, 5.74) is 0. The molecule has 0 radical (unpaired) electrons. The fourth-order valence-electron chi connectivity index (χ4n) is 2.02. The van der Waals surface area contributed by atoms with Crippen molar-refractivity contribution in [2.24, 2.45) is 0 Å². The number of carboxylic acid groups (broad SMARTS) is 1. The van der Waals surface area contributed by atoms with Crippen LogP contribution in [-0.4, -0.2) is 41.0 Å². The van der Waals surface area contributed by atoms with E-state index in [0.29, 0.717) is 12.2 Å². The third-order valence-corrected chi connectivity index (χ3v) is 7.67. The van der Waals surface area contributed by atoms with Gasteiger partial charge in [0, 0.05) is 5.75 Å². The highest BCUT2D eigenvalue weighted by Crippen LogP contribution is 2.37. The van der Waals surface area contributed by atoms with Crippen molar-refractivity contribution in [2.45, 2.75) is 35.4 Å². The van der Waals surface area contributed by atoms with Crippen molar-refractivity contribution >= 4 is 39.1 Å². The van der Waals surface area contributed by atoms with Crippen molar-refractivity contribution in [1.29, 1.82) is 0 Å². The first-order valence-electron chi connectivity index (χ1n) is 5.90. The second-order valence-corrected chi connectivity index (χ2v) is 8.43. The van der Waals surface area contributed by atoms with Gasteiger partial charge in [-0.3, -0.25) is 4.79 Å². The third kappa shape index (κ3) is 2.81. The van der Waals surface area contributed by atoms with Crippen LogP contribution < -0.4 is 0 Å². The monoisotopic (exact) mass is 321 g/mol. The zero-order chi connectivity index (χ0) is 14.0. The molecule has 2 heterocycles. The van der Waals surface area contributed by atoms with Gasteiger partial charge < -0.3 is 5.11 Å². The predicted octanol–water partition coefficient (Wildman–Crippen LogP) is 2.07. The van der Waals surface area contributed by atoms with Crippen molar-refractivity contribution in [1.82, 2.24) is 4.31 Å².